The number of hydrogen-bond acceptors (Lipinski definition) is 4. The van der Waals surface area contributed by atoms with E-state index >= 15 is 0 Å². The quantitative estimate of drug-likeness (QED) is 0.867. The third-order valence-corrected chi connectivity index (χ3v) is 5.76. The maximum Gasteiger partial charge on any atom is 0.328 e. The van der Waals surface area contributed by atoms with Crippen LogP contribution in [-0.2, 0) is 4.79 Å². The van der Waals surface area contributed by atoms with Crippen LogP contribution in [0.5, 0.6) is 0 Å². The Bertz CT molecular complexity index is 563. The highest BCUT2D eigenvalue weighted by atomic mass is 32.2. The highest BCUT2D eigenvalue weighted by molar-refractivity contribution is 8.00. The van der Waals surface area contributed by atoms with E-state index in [1.54, 1.807) is 12.1 Å². The molecule has 0 spiro atoms. The number of amides is 1. The Morgan fingerprint density at radius 1 is 1.33 bits per heavy atom. The molecule has 1 amide bonds. The summed E-state index contributed by atoms with van der Waals surface area (Å²) in [4.78, 5) is 26.4. The van der Waals surface area contributed by atoms with Gasteiger partial charge in [0.05, 0.1) is 4.88 Å². The Kier molecular flexibility index (Phi) is 5.11. The molecule has 21 heavy (non-hydrogen) atoms. The van der Waals surface area contributed by atoms with Gasteiger partial charge in [0.1, 0.15) is 0 Å². The van der Waals surface area contributed by atoms with Crippen LogP contribution < -0.4 is 0 Å². The third-order valence-electron chi connectivity index (χ3n) is 3.35. The molecule has 0 aliphatic carbocycles. The van der Waals surface area contributed by atoms with E-state index in [0.29, 0.717) is 4.88 Å². The van der Waals surface area contributed by atoms with Crippen molar-refractivity contribution >= 4 is 41.1 Å². The molecule has 1 aliphatic rings. The van der Waals surface area contributed by atoms with Crippen LogP contribution in [0.2, 0.25) is 0 Å². The van der Waals surface area contributed by atoms with Crippen LogP contribution in [0, 0.1) is 0 Å². The lowest BCUT2D eigenvalue weighted by Crippen LogP contribution is -2.33. The summed E-state index contributed by atoms with van der Waals surface area (Å²) in [5, 5.41) is 8.62. The van der Waals surface area contributed by atoms with E-state index in [9.17, 15) is 9.59 Å². The van der Waals surface area contributed by atoms with Gasteiger partial charge in [0.2, 0.25) is 0 Å². The van der Waals surface area contributed by atoms with E-state index in [2.05, 4.69) is 13.8 Å². The van der Waals surface area contributed by atoms with Crippen LogP contribution in [0.15, 0.2) is 18.2 Å². The summed E-state index contributed by atoms with van der Waals surface area (Å²) in [5.41, 5.74) is 0. The molecule has 2 rings (SSSR count). The summed E-state index contributed by atoms with van der Waals surface area (Å²) in [6, 6.07) is 3.56. The second kappa shape index (κ2) is 6.66. The minimum absolute atomic E-state index is 0.0493. The number of hydrogen-bond donors (Lipinski definition) is 1. The van der Waals surface area contributed by atoms with Gasteiger partial charge in [-0.15, -0.1) is 11.3 Å². The Hall–Kier alpha value is -1.27. The van der Waals surface area contributed by atoms with E-state index in [1.165, 1.54) is 17.4 Å². The maximum absolute atomic E-state index is 12.5. The molecule has 1 N–H and O–H groups in total. The lowest BCUT2D eigenvalue weighted by Gasteiger charge is -2.22. The number of carboxylic acids is 1. The minimum atomic E-state index is -0.983. The van der Waals surface area contributed by atoms with Gasteiger partial charge in [0.15, 0.2) is 0 Å². The average molecular weight is 325 g/mol. The number of thiophene rings is 1. The molecular weight excluding hydrogens is 306 g/mol. The number of carbonyl (C=O) groups is 2. The van der Waals surface area contributed by atoms with Gasteiger partial charge < -0.3 is 10.0 Å². The fraction of sp³-hybridized carbons (Fsp3) is 0.467. The maximum atomic E-state index is 12.5. The topological polar surface area (TPSA) is 57.6 Å². The van der Waals surface area contributed by atoms with Crippen molar-refractivity contribution < 1.29 is 14.7 Å². The molecule has 1 fully saturated rings. The van der Waals surface area contributed by atoms with Gasteiger partial charge in [-0.05, 0) is 24.6 Å². The van der Waals surface area contributed by atoms with E-state index in [-0.39, 0.29) is 10.7 Å². The van der Waals surface area contributed by atoms with Gasteiger partial charge in [-0.3, -0.25) is 4.79 Å². The van der Waals surface area contributed by atoms with Crippen molar-refractivity contribution in [1.82, 2.24) is 4.90 Å². The molecule has 0 bridgehead atoms. The fourth-order valence-electron chi connectivity index (χ4n) is 2.09. The standard InChI is InChI=1S/C15H19NO3S2/c1-15(2)7-8-16(9-10-20-15)14(19)12-5-3-11(21-12)4-6-13(17)18/h3-6H,7-10H2,1-2H3,(H,17,18)/b6-4+. The molecule has 0 unspecified atom stereocenters. The number of nitrogens with zero attached hydrogens (tertiary/aromatic N) is 1. The second-order valence-corrected chi connectivity index (χ2v) is 8.44. The first-order valence-corrected chi connectivity index (χ1v) is 8.62. The molecule has 1 aliphatic heterocycles. The smallest absolute Gasteiger partial charge is 0.328 e. The molecule has 1 aromatic heterocycles. The monoisotopic (exact) mass is 325 g/mol. The van der Waals surface area contributed by atoms with Gasteiger partial charge in [-0.25, -0.2) is 4.79 Å². The summed E-state index contributed by atoms with van der Waals surface area (Å²) in [6.45, 7) is 5.97. The zero-order valence-corrected chi connectivity index (χ0v) is 13.8. The zero-order valence-electron chi connectivity index (χ0n) is 12.2. The third kappa shape index (κ3) is 4.61. The second-order valence-electron chi connectivity index (χ2n) is 5.52. The first kappa shape index (κ1) is 16.1. The molecule has 0 saturated carbocycles. The van der Waals surface area contributed by atoms with Crippen LogP contribution in [0.3, 0.4) is 0 Å². The molecular formula is C15H19NO3S2. The van der Waals surface area contributed by atoms with Crippen LogP contribution in [-0.4, -0.2) is 45.5 Å². The average Bonchev–Trinajstić information content (AvgIpc) is 2.80. The van der Waals surface area contributed by atoms with Crippen LogP contribution in [0.25, 0.3) is 6.08 Å². The SMILES string of the molecule is CC1(C)CCN(C(=O)c2ccc(/C=C/C(=O)O)s2)CCS1. The summed E-state index contributed by atoms with van der Waals surface area (Å²) >= 11 is 3.24. The Labute approximate surface area is 132 Å². The van der Waals surface area contributed by atoms with Crippen LogP contribution in [0.1, 0.15) is 34.8 Å². The van der Waals surface area contributed by atoms with Crippen molar-refractivity contribution in [2.45, 2.75) is 25.0 Å². The summed E-state index contributed by atoms with van der Waals surface area (Å²) in [7, 11) is 0. The Balaban J connectivity index is 2.04. The van der Waals surface area contributed by atoms with Gasteiger partial charge in [0.25, 0.3) is 5.91 Å². The van der Waals surface area contributed by atoms with E-state index in [1.807, 2.05) is 16.7 Å². The number of rotatable bonds is 3. The molecule has 0 aromatic carbocycles. The molecule has 1 saturated heterocycles. The Morgan fingerprint density at radius 3 is 2.81 bits per heavy atom. The first-order chi connectivity index (χ1) is 9.87. The predicted octanol–water partition coefficient (Wildman–Crippen LogP) is 3.20. The fourth-order valence-corrected chi connectivity index (χ4v) is 4.07. The highest BCUT2D eigenvalue weighted by Crippen LogP contribution is 2.31. The Morgan fingerprint density at radius 2 is 2.10 bits per heavy atom. The van der Waals surface area contributed by atoms with Crippen molar-refractivity contribution in [3.8, 4) is 0 Å². The zero-order chi connectivity index (χ0) is 15.5. The van der Waals surface area contributed by atoms with Crippen LogP contribution >= 0.6 is 23.1 Å². The number of aliphatic carboxylic acids is 1. The number of carbonyl (C=O) groups excluding carboxylic acids is 1. The highest BCUT2D eigenvalue weighted by Gasteiger charge is 2.26. The van der Waals surface area contributed by atoms with Crippen molar-refractivity contribution in [2.24, 2.45) is 0 Å². The lowest BCUT2D eigenvalue weighted by atomic mass is 10.1. The van der Waals surface area contributed by atoms with Gasteiger partial charge in [-0.1, -0.05) is 13.8 Å². The predicted molar refractivity (Wildman–Crippen MR) is 88.0 cm³/mol. The van der Waals surface area contributed by atoms with Gasteiger partial charge >= 0.3 is 5.97 Å². The molecule has 114 valence electrons. The number of carboxylic acid groups (broad SMARTS) is 1. The summed E-state index contributed by atoms with van der Waals surface area (Å²) < 4.78 is 0.222. The normalized spacial score (nSPS) is 18.7. The van der Waals surface area contributed by atoms with Gasteiger partial charge in [0, 0.05) is 34.5 Å². The first-order valence-electron chi connectivity index (χ1n) is 6.81. The molecule has 0 atom stereocenters. The summed E-state index contributed by atoms with van der Waals surface area (Å²) in [6.07, 6.45) is 3.59. The van der Waals surface area contributed by atoms with E-state index in [4.69, 9.17) is 5.11 Å². The molecule has 2 heterocycles. The van der Waals surface area contributed by atoms with Crippen molar-refractivity contribution in [1.29, 1.82) is 0 Å². The van der Waals surface area contributed by atoms with Gasteiger partial charge in [-0.2, -0.15) is 11.8 Å². The molecule has 4 nitrogen and oxygen atoms in total. The largest absolute Gasteiger partial charge is 0.478 e. The van der Waals surface area contributed by atoms with Crippen molar-refractivity contribution in [2.75, 3.05) is 18.8 Å². The van der Waals surface area contributed by atoms with Crippen molar-refractivity contribution in [3.63, 3.8) is 0 Å². The minimum Gasteiger partial charge on any atom is -0.478 e. The molecule has 6 heteroatoms. The van der Waals surface area contributed by atoms with Crippen molar-refractivity contribution in [3.05, 3.63) is 28.0 Å². The van der Waals surface area contributed by atoms with Crippen LogP contribution in [0.4, 0.5) is 0 Å². The van der Waals surface area contributed by atoms with E-state index in [0.717, 1.165) is 36.2 Å². The lowest BCUT2D eigenvalue weighted by molar-refractivity contribution is -0.131. The summed E-state index contributed by atoms with van der Waals surface area (Å²) in [5.74, 6) is 0.0203. The molecule has 1 aromatic rings. The number of thioether (sulfide) groups is 1. The van der Waals surface area contributed by atoms with E-state index < -0.39 is 5.97 Å². The molecule has 0 radical (unpaired) electrons.